The summed E-state index contributed by atoms with van der Waals surface area (Å²) in [4.78, 5) is 12.7. The van der Waals surface area contributed by atoms with Crippen LogP contribution in [0, 0.1) is 12.8 Å². The molecule has 2 amide bonds. The molecule has 0 aliphatic heterocycles. The monoisotopic (exact) mass is 446 g/mol. The molecule has 7 nitrogen and oxygen atoms in total. The first-order chi connectivity index (χ1) is 14.5. The van der Waals surface area contributed by atoms with E-state index in [9.17, 15) is 18.3 Å². The number of hydrogen-bond acceptors (Lipinski definition) is 5. The summed E-state index contributed by atoms with van der Waals surface area (Å²) >= 11 is 0. The molecule has 1 aromatic heterocycles. The summed E-state index contributed by atoms with van der Waals surface area (Å²) in [5.74, 6) is 0.912. The van der Waals surface area contributed by atoms with Gasteiger partial charge in [-0.1, -0.05) is 31.4 Å². The highest BCUT2D eigenvalue weighted by Crippen LogP contribution is 2.37. The van der Waals surface area contributed by atoms with Gasteiger partial charge in [-0.2, -0.15) is 8.42 Å². The molecule has 1 heterocycles. The zero-order valence-electron chi connectivity index (χ0n) is 18.2. The smallest absolute Gasteiger partial charge is 0.333 e. The van der Waals surface area contributed by atoms with Crippen molar-refractivity contribution in [3.8, 4) is 0 Å². The van der Waals surface area contributed by atoms with Crippen LogP contribution in [-0.2, 0) is 34.9 Å². The highest BCUT2D eigenvalue weighted by atomic mass is 32.2. The Morgan fingerprint density at radius 2 is 1.97 bits per heavy atom. The van der Waals surface area contributed by atoms with Gasteiger partial charge in [-0.05, 0) is 69.1 Å². The summed E-state index contributed by atoms with van der Waals surface area (Å²) < 4.78 is 32.9. The first-order valence-electron chi connectivity index (χ1n) is 10.9. The molecule has 31 heavy (non-hydrogen) atoms. The lowest BCUT2D eigenvalue weighted by Gasteiger charge is -2.27. The predicted octanol–water partition coefficient (Wildman–Crippen LogP) is 4.16. The van der Waals surface area contributed by atoms with Crippen LogP contribution in [0.4, 0.5) is 10.5 Å². The number of carbonyl (C=O) groups is 1. The van der Waals surface area contributed by atoms with Gasteiger partial charge in [0.05, 0.1) is 5.60 Å². The van der Waals surface area contributed by atoms with Crippen LogP contribution in [0.5, 0.6) is 0 Å². The Balaban J connectivity index is 1.55. The molecule has 1 aromatic carbocycles. The zero-order valence-corrected chi connectivity index (χ0v) is 19.1. The van der Waals surface area contributed by atoms with E-state index in [-0.39, 0.29) is 5.76 Å². The van der Waals surface area contributed by atoms with Gasteiger partial charge in [0.25, 0.3) is 10.0 Å². The molecule has 8 heteroatoms. The minimum absolute atomic E-state index is 0.289. The van der Waals surface area contributed by atoms with E-state index in [4.69, 9.17) is 4.42 Å². The Hall–Kier alpha value is -2.32. The van der Waals surface area contributed by atoms with Crippen LogP contribution in [0.1, 0.15) is 67.5 Å². The van der Waals surface area contributed by atoms with Crippen LogP contribution in [-0.4, -0.2) is 19.6 Å². The van der Waals surface area contributed by atoms with Crippen molar-refractivity contribution in [2.24, 2.45) is 5.92 Å². The van der Waals surface area contributed by atoms with Crippen molar-refractivity contribution in [1.29, 1.82) is 0 Å². The summed E-state index contributed by atoms with van der Waals surface area (Å²) in [6.45, 7) is 4.66. The Labute approximate surface area is 183 Å². The fourth-order valence-corrected chi connectivity index (χ4v) is 5.46. The minimum Gasteiger partial charge on any atom is -0.448 e. The van der Waals surface area contributed by atoms with Gasteiger partial charge in [0.15, 0.2) is 0 Å². The van der Waals surface area contributed by atoms with Gasteiger partial charge in [-0.15, -0.1) is 0 Å². The number of fused-ring (bicyclic) bond motifs is 1. The van der Waals surface area contributed by atoms with E-state index in [1.807, 2.05) is 0 Å². The van der Waals surface area contributed by atoms with Crippen molar-refractivity contribution in [2.75, 3.05) is 5.32 Å². The fourth-order valence-electron chi connectivity index (χ4n) is 4.55. The van der Waals surface area contributed by atoms with Gasteiger partial charge in [-0.3, -0.25) is 0 Å². The predicted molar refractivity (Wildman–Crippen MR) is 118 cm³/mol. The first kappa shape index (κ1) is 21.9. The second kappa shape index (κ2) is 7.98. The normalized spacial score (nSPS) is 16.6. The van der Waals surface area contributed by atoms with Crippen LogP contribution < -0.4 is 10.0 Å². The highest BCUT2D eigenvalue weighted by Gasteiger charge is 2.30. The number of amides is 2. The molecule has 3 N–H and O–H groups in total. The number of urea groups is 1. The van der Waals surface area contributed by atoms with Crippen LogP contribution in [0.2, 0.25) is 0 Å². The molecule has 0 atom stereocenters. The Morgan fingerprint density at radius 1 is 1.23 bits per heavy atom. The molecule has 0 bridgehead atoms. The maximum atomic E-state index is 12.7. The molecule has 2 aromatic rings. The lowest BCUT2D eigenvalue weighted by atomic mass is 9.80. The number of hydrogen-bond donors (Lipinski definition) is 3. The lowest BCUT2D eigenvalue weighted by Crippen LogP contribution is -2.35. The van der Waals surface area contributed by atoms with Crippen molar-refractivity contribution in [3.05, 3.63) is 46.2 Å². The third kappa shape index (κ3) is 4.50. The average molecular weight is 447 g/mol. The highest BCUT2D eigenvalue weighted by molar-refractivity contribution is 7.89. The van der Waals surface area contributed by atoms with Gasteiger partial charge in [0.2, 0.25) is 5.09 Å². The quantitative estimate of drug-likeness (QED) is 0.617. The first-order valence-corrected chi connectivity index (χ1v) is 12.3. The number of sulfonamides is 1. The standard InChI is InChI=1S/C23H30N2O5S/c1-14-19(23(2,3)27)13-20(30-14)31(28,29)25-22(26)24-21-17(12-15-6-4-7-15)11-10-16-8-5-9-18(16)21/h10-11,13,15,27H,4-9,12H2,1-3H3,(H2,24,25,26). The number of furan rings is 1. The van der Waals surface area contributed by atoms with Crippen molar-refractivity contribution in [2.45, 2.75) is 76.4 Å². The molecular formula is C23H30N2O5S. The summed E-state index contributed by atoms with van der Waals surface area (Å²) in [6.07, 6.45) is 7.40. The molecule has 4 rings (SSSR count). The SMILES string of the molecule is Cc1oc(S(=O)(=O)NC(=O)Nc2c(CC3CCC3)ccc3c2CCC3)cc1C(C)(C)O. The number of carbonyl (C=O) groups excluding carboxylic acids is 1. The van der Waals surface area contributed by atoms with Gasteiger partial charge in [0.1, 0.15) is 5.76 Å². The van der Waals surface area contributed by atoms with Crippen LogP contribution >= 0.6 is 0 Å². The second-order valence-electron chi connectivity index (χ2n) is 9.25. The Morgan fingerprint density at radius 3 is 2.58 bits per heavy atom. The number of nitrogens with one attached hydrogen (secondary N) is 2. The third-order valence-corrected chi connectivity index (χ3v) is 7.57. The summed E-state index contributed by atoms with van der Waals surface area (Å²) in [7, 11) is -4.22. The zero-order chi connectivity index (χ0) is 22.4. The summed E-state index contributed by atoms with van der Waals surface area (Å²) in [5, 5.41) is 12.6. The van der Waals surface area contributed by atoms with E-state index in [1.165, 1.54) is 30.9 Å². The van der Waals surface area contributed by atoms with Crippen molar-refractivity contribution in [3.63, 3.8) is 0 Å². The van der Waals surface area contributed by atoms with Crippen molar-refractivity contribution >= 4 is 21.7 Å². The van der Waals surface area contributed by atoms with Crippen LogP contribution in [0.25, 0.3) is 0 Å². The van der Waals surface area contributed by atoms with E-state index in [1.54, 1.807) is 20.8 Å². The molecule has 0 unspecified atom stereocenters. The summed E-state index contributed by atoms with van der Waals surface area (Å²) in [6, 6.07) is 4.65. The maximum absolute atomic E-state index is 12.7. The average Bonchev–Trinajstić information content (AvgIpc) is 3.25. The molecule has 2 aliphatic carbocycles. The van der Waals surface area contributed by atoms with Gasteiger partial charge < -0.3 is 14.8 Å². The molecule has 0 spiro atoms. The summed E-state index contributed by atoms with van der Waals surface area (Å²) in [5.41, 5.74) is 3.25. The lowest BCUT2D eigenvalue weighted by molar-refractivity contribution is 0.0769. The van der Waals surface area contributed by atoms with E-state index >= 15 is 0 Å². The van der Waals surface area contributed by atoms with E-state index in [0.29, 0.717) is 11.5 Å². The van der Waals surface area contributed by atoms with E-state index in [2.05, 4.69) is 22.2 Å². The van der Waals surface area contributed by atoms with Crippen LogP contribution in [0.3, 0.4) is 0 Å². The molecule has 0 radical (unpaired) electrons. The maximum Gasteiger partial charge on any atom is 0.333 e. The van der Waals surface area contributed by atoms with Gasteiger partial charge in [0, 0.05) is 17.3 Å². The third-order valence-electron chi connectivity index (χ3n) is 6.39. The number of rotatable bonds is 6. The number of anilines is 1. The van der Waals surface area contributed by atoms with Gasteiger partial charge >= 0.3 is 6.03 Å². The molecule has 0 saturated heterocycles. The van der Waals surface area contributed by atoms with Crippen LogP contribution in [0.15, 0.2) is 27.7 Å². The number of aliphatic hydroxyl groups is 1. The topological polar surface area (TPSA) is 109 Å². The minimum atomic E-state index is -4.22. The van der Waals surface area contributed by atoms with Gasteiger partial charge in [-0.25, -0.2) is 9.52 Å². The fraction of sp³-hybridized carbons (Fsp3) is 0.522. The number of aryl methyl sites for hydroxylation is 2. The van der Waals surface area contributed by atoms with Crippen molar-refractivity contribution < 1.29 is 22.7 Å². The number of benzene rings is 1. The molecule has 1 saturated carbocycles. The Kier molecular flexibility index (Phi) is 5.64. The van der Waals surface area contributed by atoms with E-state index < -0.39 is 26.7 Å². The molecular weight excluding hydrogens is 416 g/mol. The Bertz CT molecular complexity index is 1110. The molecule has 168 valence electrons. The largest absolute Gasteiger partial charge is 0.448 e. The second-order valence-corrected chi connectivity index (χ2v) is 10.9. The molecule has 1 fully saturated rings. The van der Waals surface area contributed by atoms with E-state index in [0.717, 1.165) is 42.5 Å². The van der Waals surface area contributed by atoms with Crippen molar-refractivity contribution in [1.82, 2.24) is 4.72 Å². The molecule has 2 aliphatic rings.